The Bertz CT molecular complexity index is 668. The number of aromatic nitrogens is 2. The maximum absolute atomic E-state index is 13.5. The van der Waals surface area contributed by atoms with Crippen molar-refractivity contribution in [3.05, 3.63) is 40.5 Å². The van der Waals surface area contributed by atoms with Crippen molar-refractivity contribution in [1.82, 2.24) is 14.9 Å². The maximum atomic E-state index is 13.5. The Morgan fingerprint density at radius 1 is 1.37 bits per heavy atom. The first-order chi connectivity index (χ1) is 8.90. The smallest absolute Gasteiger partial charge is 0.245 e. The van der Waals surface area contributed by atoms with Crippen LogP contribution in [0.25, 0.3) is 0 Å². The van der Waals surface area contributed by atoms with E-state index in [1.54, 1.807) is 0 Å². The highest BCUT2D eigenvalue weighted by Gasteiger charge is 2.23. The van der Waals surface area contributed by atoms with E-state index in [0.717, 1.165) is 12.5 Å². The molecule has 0 aliphatic heterocycles. The first-order valence-electron chi connectivity index (χ1n) is 4.79. The number of benzene rings is 1. The van der Waals surface area contributed by atoms with Crippen LogP contribution >= 0.6 is 15.9 Å². The van der Waals surface area contributed by atoms with Crippen molar-refractivity contribution >= 4 is 26.0 Å². The van der Waals surface area contributed by atoms with Gasteiger partial charge in [-0.2, -0.15) is 4.98 Å². The molecule has 0 bridgehead atoms. The molecule has 102 valence electrons. The maximum Gasteiger partial charge on any atom is 0.245 e. The number of sulfonamides is 1. The van der Waals surface area contributed by atoms with Crippen LogP contribution in [0.4, 0.5) is 8.78 Å². The second kappa shape index (κ2) is 5.31. The fourth-order valence-electron chi connectivity index (χ4n) is 1.29. The third kappa shape index (κ3) is 3.14. The summed E-state index contributed by atoms with van der Waals surface area (Å²) in [5.74, 6) is -2.00. The molecule has 2 rings (SSSR count). The van der Waals surface area contributed by atoms with Crippen molar-refractivity contribution in [2.45, 2.75) is 11.4 Å². The van der Waals surface area contributed by atoms with Gasteiger partial charge in [0.05, 0.1) is 6.54 Å². The number of rotatable bonds is 4. The molecule has 2 aromatic rings. The Morgan fingerprint density at radius 2 is 2.11 bits per heavy atom. The first kappa shape index (κ1) is 14.0. The molecule has 0 unspecified atom stereocenters. The van der Waals surface area contributed by atoms with Gasteiger partial charge >= 0.3 is 0 Å². The van der Waals surface area contributed by atoms with Gasteiger partial charge in [-0.1, -0.05) is 5.16 Å². The lowest BCUT2D eigenvalue weighted by Gasteiger charge is -2.08. The van der Waals surface area contributed by atoms with Crippen molar-refractivity contribution in [3.63, 3.8) is 0 Å². The summed E-state index contributed by atoms with van der Waals surface area (Å²) in [5.41, 5.74) is 0. The lowest BCUT2D eigenvalue weighted by atomic mass is 10.3. The minimum Gasteiger partial charge on any atom is -0.343 e. The predicted molar refractivity (Wildman–Crippen MR) is 62.4 cm³/mol. The third-order valence-corrected chi connectivity index (χ3v) is 4.42. The molecule has 0 saturated carbocycles. The molecule has 0 aliphatic rings. The Hall–Kier alpha value is -1.39. The van der Waals surface area contributed by atoms with E-state index in [1.165, 1.54) is 0 Å². The molecule has 1 heterocycles. The van der Waals surface area contributed by atoms with Crippen molar-refractivity contribution in [2.75, 3.05) is 0 Å². The third-order valence-electron chi connectivity index (χ3n) is 2.06. The van der Waals surface area contributed by atoms with E-state index in [4.69, 9.17) is 0 Å². The molecule has 0 atom stereocenters. The van der Waals surface area contributed by atoms with E-state index < -0.39 is 26.6 Å². The van der Waals surface area contributed by atoms with Gasteiger partial charge in [0.2, 0.25) is 16.4 Å². The zero-order valence-corrected chi connectivity index (χ0v) is 11.5. The Kier molecular flexibility index (Phi) is 3.92. The number of halogens is 3. The van der Waals surface area contributed by atoms with E-state index in [2.05, 4.69) is 35.3 Å². The predicted octanol–water partition coefficient (Wildman–Crippen LogP) is 1.59. The Morgan fingerprint density at radius 3 is 2.68 bits per heavy atom. The molecule has 0 amide bonds. The van der Waals surface area contributed by atoms with E-state index >= 15 is 0 Å². The number of nitrogens with zero attached hydrogens (tertiary/aromatic N) is 2. The van der Waals surface area contributed by atoms with E-state index in [-0.39, 0.29) is 16.8 Å². The fourth-order valence-corrected chi connectivity index (χ4v) is 3.43. The molecule has 19 heavy (non-hydrogen) atoms. The number of hydrogen-bond donors (Lipinski definition) is 1. The molecule has 0 saturated heterocycles. The van der Waals surface area contributed by atoms with Crippen LogP contribution in [0.15, 0.2) is 32.4 Å². The highest BCUT2D eigenvalue weighted by molar-refractivity contribution is 9.10. The van der Waals surface area contributed by atoms with Crippen LogP contribution in [0, 0.1) is 11.6 Å². The topological polar surface area (TPSA) is 85.1 Å². The number of hydrogen-bond acceptors (Lipinski definition) is 5. The van der Waals surface area contributed by atoms with Crippen LogP contribution in [-0.2, 0) is 16.6 Å². The molecular weight excluding hydrogens is 348 g/mol. The van der Waals surface area contributed by atoms with Gasteiger partial charge in [-0.25, -0.2) is 21.9 Å². The molecule has 1 aromatic heterocycles. The van der Waals surface area contributed by atoms with E-state index in [9.17, 15) is 17.2 Å². The summed E-state index contributed by atoms with van der Waals surface area (Å²) < 4.78 is 56.5. The summed E-state index contributed by atoms with van der Waals surface area (Å²) in [5, 5.41) is 3.39. The molecule has 0 fully saturated rings. The molecular formula is C9H6BrF2N3O3S. The van der Waals surface area contributed by atoms with Gasteiger partial charge in [-0.15, -0.1) is 0 Å². The summed E-state index contributed by atoms with van der Waals surface area (Å²) in [4.78, 5) is 2.92. The Balaban J connectivity index is 2.29. The van der Waals surface area contributed by atoms with Gasteiger partial charge in [0.25, 0.3) is 0 Å². The van der Waals surface area contributed by atoms with Crippen LogP contribution in [0.5, 0.6) is 0 Å². The van der Waals surface area contributed by atoms with Gasteiger partial charge in [0.15, 0.2) is 5.82 Å². The number of nitrogens with one attached hydrogen (secondary N) is 1. The zero-order chi connectivity index (χ0) is 14.0. The molecule has 0 aliphatic carbocycles. The average molecular weight is 354 g/mol. The fraction of sp³-hybridized carbons (Fsp3) is 0.111. The highest BCUT2D eigenvalue weighted by Crippen LogP contribution is 2.26. The molecule has 1 N–H and O–H groups in total. The second-order valence-corrected chi connectivity index (χ2v) is 5.93. The average Bonchev–Trinajstić information content (AvgIpc) is 2.77. The SMILES string of the molecule is O=S(=O)(NCc1ncon1)c1c(F)cc(F)cc1Br. The molecule has 0 spiro atoms. The Labute approximate surface area is 115 Å². The van der Waals surface area contributed by atoms with Crippen molar-refractivity contribution in [2.24, 2.45) is 0 Å². The minimum atomic E-state index is -4.17. The first-order valence-corrected chi connectivity index (χ1v) is 7.07. The van der Waals surface area contributed by atoms with Crippen molar-refractivity contribution in [3.8, 4) is 0 Å². The van der Waals surface area contributed by atoms with Crippen LogP contribution < -0.4 is 4.72 Å². The molecule has 0 radical (unpaired) electrons. The largest absolute Gasteiger partial charge is 0.343 e. The lowest BCUT2D eigenvalue weighted by molar-refractivity contribution is 0.409. The summed E-state index contributed by atoms with van der Waals surface area (Å²) in [6, 6.07) is 1.33. The zero-order valence-electron chi connectivity index (χ0n) is 9.10. The monoisotopic (exact) mass is 353 g/mol. The van der Waals surface area contributed by atoms with E-state index in [1.807, 2.05) is 0 Å². The highest BCUT2D eigenvalue weighted by atomic mass is 79.9. The van der Waals surface area contributed by atoms with Gasteiger partial charge in [-0.3, -0.25) is 0 Å². The summed E-state index contributed by atoms with van der Waals surface area (Å²) >= 11 is 2.80. The summed E-state index contributed by atoms with van der Waals surface area (Å²) in [7, 11) is -4.17. The standard InChI is InChI=1S/C9H6BrF2N3O3S/c10-6-1-5(11)2-7(12)9(6)19(16,17)14-3-8-13-4-18-15-8/h1-2,4,14H,3H2. The van der Waals surface area contributed by atoms with Crippen molar-refractivity contribution < 1.29 is 21.7 Å². The molecule has 6 nitrogen and oxygen atoms in total. The van der Waals surface area contributed by atoms with Crippen LogP contribution in [0.3, 0.4) is 0 Å². The van der Waals surface area contributed by atoms with Crippen molar-refractivity contribution in [1.29, 1.82) is 0 Å². The van der Waals surface area contributed by atoms with E-state index in [0.29, 0.717) is 6.07 Å². The molecule has 10 heteroatoms. The lowest BCUT2D eigenvalue weighted by Crippen LogP contribution is -2.25. The van der Waals surface area contributed by atoms with Gasteiger partial charge in [0, 0.05) is 10.5 Å². The summed E-state index contributed by atoms with van der Waals surface area (Å²) in [6.07, 6.45) is 1.03. The molecule has 1 aromatic carbocycles. The quantitative estimate of drug-likeness (QED) is 0.901. The summed E-state index contributed by atoms with van der Waals surface area (Å²) in [6.45, 7) is -0.276. The van der Waals surface area contributed by atoms with Gasteiger partial charge in [0.1, 0.15) is 16.5 Å². The van der Waals surface area contributed by atoms with Crippen LogP contribution in [0.2, 0.25) is 0 Å². The van der Waals surface area contributed by atoms with Crippen LogP contribution in [0.1, 0.15) is 5.82 Å². The normalized spacial score (nSPS) is 11.7. The minimum absolute atomic E-state index is 0.0854. The van der Waals surface area contributed by atoms with Gasteiger partial charge in [-0.05, 0) is 22.0 Å². The van der Waals surface area contributed by atoms with Gasteiger partial charge < -0.3 is 4.52 Å². The second-order valence-electron chi connectivity index (χ2n) is 3.37. The van der Waals surface area contributed by atoms with Crippen LogP contribution in [-0.4, -0.2) is 18.6 Å².